The minimum atomic E-state index is -0.234. The lowest BCUT2D eigenvalue weighted by atomic mass is 9.80. The van der Waals surface area contributed by atoms with E-state index in [4.69, 9.17) is 4.74 Å². The second kappa shape index (κ2) is 3.36. The summed E-state index contributed by atoms with van der Waals surface area (Å²) in [6.45, 7) is 10.8. The smallest absolute Gasteiger partial charge is 0.0893 e. The molecule has 1 aliphatic heterocycles. The maximum absolute atomic E-state index is 6.33. The van der Waals surface area contributed by atoms with Crippen LogP contribution >= 0.6 is 0 Å². The summed E-state index contributed by atoms with van der Waals surface area (Å²) in [5, 5.41) is 2.70. The number of hydrogen-bond donors (Lipinski definition) is 0. The van der Waals surface area contributed by atoms with Gasteiger partial charge in [-0.3, -0.25) is 0 Å². The molecule has 0 N–H and O–H groups in total. The van der Waals surface area contributed by atoms with Crippen LogP contribution in [0, 0.1) is 6.92 Å². The van der Waals surface area contributed by atoms with Crippen LogP contribution in [0.5, 0.6) is 0 Å². The van der Waals surface area contributed by atoms with Crippen LogP contribution < -0.4 is 0 Å². The van der Waals surface area contributed by atoms with Gasteiger partial charge in [-0.05, 0) is 56.5 Å². The molecule has 94 valence electrons. The molecule has 0 aromatic heterocycles. The van der Waals surface area contributed by atoms with Gasteiger partial charge in [-0.25, -0.2) is 0 Å². The SMILES string of the molecule is Cc1cc2c3c(cccc3c1)C(C)(C)OC2(C)C. The Kier molecular flexibility index (Phi) is 2.19. The van der Waals surface area contributed by atoms with E-state index in [1.54, 1.807) is 0 Å². The van der Waals surface area contributed by atoms with Crippen LogP contribution in [0.2, 0.25) is 0 Å². The van der Waals surface area contributed by atoms with E-state index < -0.39 is 0 Å². The van der Waals surface area contributed by atoms with Gasteiger partial charge in [0.1, 0.15) is 0 Å². The first-order valence-corrected chi connectivity index (χ1v) is 6.56. The predicted octanol–water partition coefficient (Wildman–Crippen LogP) is 4.65. The number of hydrogen-bond acceptors (Lipinski definition) is 1. The van der Waals surface area contributed by atoms with Crippen LogP contribution in [0.15, 0.2) is 30.3 Å². The fourth-order valence-corrected chi connectivity index (χ4v) is 3.30. The van der Waals surface area contributed by atoms with Crippen molar-refractivity contribution < 1.29 is 4.74 Å². The maximum Gasteiger partial charge on any atom is 0.0893 e. The third-order valence-electron chi connectivity index (χ3n) is 3.93. The summed E-state index contributed by atoms with van der Waals surface area (Å²) in [6.07, 6.45) is 0. The highest BCUT2D eigenvalue weighted by Gasteiger charge is 2.39. The zero-order chi connectivity index (χ0) is 13.1. The summed E-state index contributed by atoms with van der Waals surface area (Å²) in [5.74, 6) is 0. The first kappa shape index (κ1) is 11.7. The second-order valence-electron chi connectivity index (χ2n) is 6.34. The van der Waals surface area contributed by atoms with Crippen LogP contribution in [0.4, 0.5) is 0 Å². The molecule has 1 aliphatic rings. The van der Waals surface area contributed by atoms with E-state index in [1.807, 2.05) is 0 Å². The maximum atomic E-state index is 6.33. The van der Waals surface area contributed by atoms with Crippen LogP contribution in [0.3, 0.4) is 0 Å². The molecule has 0 radical (unpaired) electrons. The molecule has 0 amide bonds. The van der Waals surface area contributed by atoms with Gasteiger partial charge in [0.15, 0.2) is 0 Å². The van der Waals surface area contributed by atoms with E-state index in [9.17, 15) is 0 Å². The summed E-state index contributed by atoms with van der Waals surface area (Å²) < 4.78 is 6.33. The third kappa shape index (κ3) is 1.50. The molecule has 0 saturated heterocycles. The predicted molar refractivity (Wildman–Crippen MR) is 75.8 cm³/mol. The molecule has 1 heterocycles. The highest BCUT2D eigenvalue weighted by molar-refractivity contribution is 5.91. The molecule has 2 aromatic carbocycles. The van der Waals surface area contributed by atoms with Crippen LogP contribution in [-0.4, -0.2) is 0 Å². The monoisotopic (exact) mass is 240 g/mol. The van der Waals surface area contributed by atoms with Crippen molar-refractivity contribution >= 4 is 10.8 Å². The molecule has 2 aromatic rings. The van der Waals surface area contributed by atoms with Gasteiger partial charge in [0.05, 0.1) is 11.2 Å². The van der Waals surface area contributed by atoms with Crippen molar-refractivity contribution in [3.05, 3.63) is 47.0 Å². The first-order chi connectivity index (χ1) is 8.31. The molecule has 0 atom stereocenters. The topological polar surface area (TPSA) is 9.23 Å². The zero-order valence-corrected chi connectivity index (χ0v) is 11.8. The minimum absolute atomic E-state index is 0.231. The van der Waals surface area contributed by atoms with E-state index >= 15 is 0 Å². The quantitative estimate of drug-likeness (QED) is 0.651. The molecular formula is C17H20O. The average molecular weight is 240 g/mol. The molecule has 0 unspecified atom stereocenters. The minimum Gasteiger partial charge on any atom is -0.360 e. The fraction of sp³-hybridized carbons (Fsp3) is 0.412. The Bertz CT molecular complexity index is 635. The summed E-state index contributed by atoms with van der Waals surface area (Å²) >= 11 is 0. The van der Waals surface area contributed by atoms with Gasteiger partial charge in [-0.2, -0.15) is 0 Å². The molecule has 0 bridgehead atoms. The van der Waals surface area contributed by atoms with E-state index in [0.29, 0.717) is 0 Å². The highest BCUT2D eigenvalue weighted by atomic mass is 16.5. The van der Waals surface area contributed by atoms with Crippen molar-refractivity contribution in [2.24, 2.45) is 0 Å². The normalized spacial score (nSPS) is 20.1. The number of ether oxygens (including phenoxy) is 1. The summed E-state index contributed by atoms with van der Waals surface area (Å²) in [4.78, 5) is 0. The number of rotatable bonds is 0. The molecule has 1 nitrogen and oxygen atoms in total. The summed E-state index contributed by atoms with van der Waals surface area (Å²) in [7, 11) is 0. The van der Waals surface area contributed by atoms with Crippen LogP contribution in [0.1, 0.15) is 44.4 Å². The van der Waals surface area contributed by atoms with Gasteiger partial charge in [0.25, 0.3) is 0 Å². The summed E-state index contributed by atoms with van der Waals surface area (Å²) in [5.41, 5.74) is 3.45. The van der Waals surface area contributed by atoms with Gasteiger partial charge < -0.3 is 4.74 Å². The Balaban J connectivity index is 2.52. The van der Waals surface area contributed by atoms with Crippen LogP contribution in [-0.2, 0) is 15.9 Å². The second-order valence-corrected chi connectivity index (χ2v) is 6.34. The molecule has 3 rings (SSSR count). The van der Waals surface area contributed by atoms with Crippen molar-refractivity contribution in [2.45, 2.75) is 45.8 Å². The molecule has 0 saturated carbocycles. The Labute approximate surface area is 109 Å². The van der Waals surface area contributed by atoms with E-state index in [-0.39, 0.29) is 11.2 Å². The molecule has 0 fully saturated rings. The lowest BCUT2D eigenvalue weighted by molar-refractivity contribution is -0.136. The first-order valence-electron chi connectivity index (χ1n) is 6.56. The molecular weight excluding hydrogens is 220 g/mol. The number of benzene rings is 2. The van der Waals surface area contributed by atoms with Gasteiger partial charge in [0.2, 0.25) is 0 Å². The van der Waals surface area contributed by atoms with Crippen molar-refractivity contribution in [1.82, 2.24) is 0 Å². The van der Waals surface area contributed by atoms with E-state index in [2.05, 4.69) is 65.0 Å². The summed E-state index contributed by atoms with van der Waals surface area (Å²) in [6, 6.07) is 11.1. The van der Waals surface area contributed by atoms with Gasteiger partial charge >= 0.3 is 0 Å². The lowest BCUT2D eigenvalue weighted by Gasteiger charge is -2.43. The molecule has 18 heavy (non-hydrogen) atoms. The molecule has 1 heteroatoms. The highest BCUT2D eigenvalue weighted by Crippen LogP contribution is 2.46. The van der Waals surface area contributed by atoms with Gasteiger partial charge in [-0.1, -0.05) is 35.9 Å². The largest absolute Gasteiger partial charge is 0.360 e. The van der Waals surface area contributed by atoms with Crippen molar-refractivity contribution in [2.75, 3.05) is 0 Å². The Morgan fingerprint density at radius 2 is 1.56 bits per heavy atom. The van der Waals surface area contributed by atoms with Crippen molar-refractivity contribution in [1.29, 1.82) is 0 Å². The van der Waals surface area contributed by atoms with E-state index in [0.717, 1.165) is 0 Å². The van der Waals surface area contributed by atoms with Crippen molar-refractivity contribution in [3.63, 3.8) is 0 Å². The zero-order valence-electron chi connectivity index (χ0n) is 11.8. The van der Waals surface area contributed by atoms with Crippen LogP contribution in [0.25, 0.3) is 10.8 Å². The standard InChI is InChI=1S/C17H20O/c1-11-9-12-7-6-8-13-15(12)14(10-11)17(4,5)18-16(13,2)3/h6-10H,1-5H3. The van der Waals surface area contributed by atoms with E-state index in [1.165, 1.54) is 27.5 Å². The number of aryl methyl sites for hydroxylation is 1. The van der Waals surface area contributed by atoms with Crippen molar-refractivity contribution in [3.8, 4) is 0 Å². The Morgan fingerprint density at radius 3 is 2.28 bits per heavy atom. The third-order valence-corrected chi connectivity index (χ3v) is 3.93. The Hall–Kier alpha value is -1.34. The Morgan fingerprint density at radius 1 is 0.889 bits per heavy atom. The van der Waals surface area contributed by atoms with Gasteiger partial charge in [0, 0.05) is 0 Å². The van der Waals surface area contributed by atoms with Gasteiger partial charge in [-0.15, -0.1) is 0 Å². The average Bonchev–Trinajstić information content (AvgIpc) is 2.23. The molecule has 0 spiro atoms. The lowest BCUT2D eigenvalue weighted by Crippen LogP contribution is -2.37. The molecule has 0 aliphatic carbocycles. The fourth-order valence-electron chi connectivity index (χ4n) is 3.30.